The van der Waals surface area contributed by atoms with Crippen molar-refractivity contribution in [3.8, 4) is 0 Å². The van der Waals surface area contributed by atoms with Crippen molar-refractivity contribution in [2.24, 2.45) is 15.4 Å². The molecule has 3 rings (SSSR count). The summed E-state index contributed by atoms with van der Waals surface area (Å²) in [5.41, 5.74) is 0.994. The first kappa shape index (κ1) is 14.1. The van der Waals surface area contributed by atoms with Crippen molar-refractivity contribution >= 4 is 33.5 Å². The molecule has 21 heavy (non-hydrogen) atoms. The summed E-state index contributed by atoms with van der Waals surface area (Å²) in [7, 11) is 0. The number of halogens is 1. The molecule has 0 bridgehead atoms. The zero-order valence-corrected chi connectivity index (χ0v) is 13.1. The van der Waals surface area contributed by atoms with Crippen LogP contribution in [0.5, 0.6) is 0 Å². The molecule has 1 N–H and O–H groups in total. The lowest BCUT2D eigenvalue weighted by Gasteiger charge is -2.31. The number of nitrogens with one attached hydrogen (secondary N) is 1. The summed E-state index contributed by atoms with van der Waals surface area (Å²) in [4.78, 5) is 8.72. The van der Waals surface area contributed by atoms with E-state index in [1.165, 1.54) is 10.8 Å². The molecule has 0 spiro atoms. The van der Waals surface area contributed by atoms with Gasteiger partial charge in [-0.3, -0.25) is 0 Å². The largest absolute Gasteiger partial charge is 0.347 e. The van der Waals surface area contributed by atoms with Crippen LogP contribution in [0.2, 0.25) is 0 Å². The van der Waals surface area contributed by atoms with E-state index in [4.69, 9.17) is 11.6 Å². The maximum atomic E-state index is 6.10. The Morgan fingerprint density at radius 2 is 1.76 bits per heavy atom. The topological polar surface area (TPSA) is 36.8 Å². The lowest BCUT2D eigenvalue weighted by molar-refractivity contribution is 0.304. The molecule has 0 saturated heterocycles. The van der Waals surface area contributed by atoms with E-state index in [1.807, 2.05) is 12.1 Å². The molecule has 2 aromatic rings. The highest BCUT2D eigenvalue weighted by Crippen LogP contribution is 2.24. The zero-order chi connectivity index (χ0) is 15.0. The number of rotatable bonds is 1. The highest BCUT2D eigenvalue weighted by atomic mass is 35.5. The molecule has 108 valence electrons. The van der Waals surface area contributed by atoms with Gasteiger partial charge in [0.15, 0.2) is 0 Å². The molecular formula is C17H18ClN3. The van der Waals surface area contributed by atoms with E-state index in [1.54, 1.807) is 0 Å². The summed E-state index contributed by atoms with van der Waals surface area (Å²) in [5, 5.41) is 6.08. The fraction of sp³-hybridized carbons (Fsp3) is 0.294. The zero-order valence-electron chi connectivity index (χ0n) is 12.4. The van der Waals surface area contributed by atoms with Crippen LogP contribution in [0.3, 0.4) is 0 Å². The van der Waals surface area contributed by atoms with E-state index < -0.39 is 0 Å². The molecule has 4 heteroatoms. The third-order valence-corrected chi connectivity index (χ3v) is 3.74. The number of amidine groups is 2. The third kappa shape index (κ3) is 2.93. The molecule has 1 heterocycles. The maximum Gasteiger partial charge on any atom is 0.221 e. The standard InChI is InChI=1S/C17H18ClN3/c1-17(2,3)15-19-14(20-16(18)21-15)13-9-8-11-6-4-5-7-12(11)10-13/h4-10,15H,1-3H3,(H,19,20,21). The van der Waals surface area contributed by atoms with E-state index >= 15 is 0 Å². The summed E-state index contributed by atoms with van der Waals surface area (Å²) in [6.07, 6.45) is -0.0797. The Morgan fingerprint density at radius 1 is 1.05 bits per heavy atom. The van der Waals surface area contributed by atoms with Crippen molar-refractivity contribution in [3.05, 3.63) is 48.0 Å². The number of aliphatic imine (C=N–C) groups is 2. The lowest BCUT2D eigenvalue weighted by Crippen LogP contribution is -2.45. The highest BCUT2D eigenvalue weighted by molar-refractivity contribution is 6.66. The summed E-state index contributed by atoms with van der Waals surface area (Å²) in [6, 6.07) is 14.5. The van der Waals surface area contributed by atoms with Crippen molar-refractivity contribution in [1.82, 2.24) is 5.32 Å². The number of nitrogens with zero attached hydrogens (tertiary/aromatic N) is 2. The van der Waals surface area contributed by atoms with E-state index in [0.717, 1.165) is 11.4 Å². The fourth-order valence-corrected chi connectivity index (χ4v) is 2.50. The first-order chi connectivity index (χ1) is 9.93. The van der Waals surface area contributed by atoms with Gasteiger partial charge in [-0.25, -0.2) is 9.98 Å². The average molecular weight is 300 g/mol. The van der Waals surface area contributed by atoms with E-state index in [2.05, 4.69) is 66.4 Å². The quantitative estimate of drug-likeness (QED) is 0.789. The van der Waals surface area contributed by atoms with Crippen molar-refractivity contribution in [2.45, 2.75) is 26.9 Å². The Kier molecular flexibility index (Phi) is 3.46. The predicted octanol–water partition coefficient (Wildman–Crippen LogP) is 4.16. The van der Waals surface area contributed by atoms with Gasteiger partial charge in [0.25, 0.3) is 0 Å². The van der Waals surface area contributed by atoms with Gasteiger partial charge in [0, 0.05) is 11.0 Å². The second-order valence-electron chi connectivity index (χ2n) is 6.33. The number of benzene rings is 2. The molecule has 0 aromatic heterocycles. The van der Waals surface area contributed by atoms with Crippen molar-refractivity contribution in [3.63, 3.8) is 0 Å². The van der Waals surface area contributed by atoms with Crippen molar-refractivity contribution in [2.75, 3.05) is 0 Å². The van der Waals surface area contributed by atoms with Gasteiger partial charge in [0.1, 0.15) is 12.0 Å². The SMILES string of the molecule is CC(C)(C)C1N=C(Cl)N=C(c2ccc3ccccc3c2)N1. The molecule has 0 radical (unpaired) electrons. The van der Waals surface area contributed by atoms with E-state index in [9.17, 15) is 0 Å². The van der Waals surface area contributed by atoms with Gasteiger partial charge in [0.2, 0.25) is 5.29 Å². The Hall–Kier alpha value is -1.87. The Labute approximate surface area is 129 Å². The Bertz CT molecular complexity index is 741. The van der Waals surface area contributed by atoms with E-state index in [0.29, 0.717) is 5.29 Å². The number of fused-ring (bicyclic) bond motifs is 1. The van der Waals surface area contributed by atoms with E-state index in [-0.39, 0.29) is 11.6 Å². The van der Waals surface area contributed by atoms with Crippen LogP contribution < -0.4 is 5.32 Å². The van der Waals surface area contributed by atoms with Crippen LogP contribution in [0.1, 0.15) is 26.3 Å². The molecule has 3 nitrogen and oxygen atoms in total. The highest BCUT2D eigenvalue weighted by Gasteiger charge is 2.28. The predicted molar refractivity (Wildman–Crippen MR) is 90.2 cm³/mol. The van der Waals surface area contributed by atoms with Crippen LogP contribution >= 0.6 is 11.6 Å². The second kappa shape index (κ2) is 5.15. The van der Waals surface area contributed by atoms with Crippen LogP contribution in [-0.4, -0.2) is 17.3 Å². The van der Waals surface area contributed by atoms with Gasteiger partial charge in [-0.2, -0.15) is 0 Å². The summed E-state index contributed by atoms with van der Waals surface area (Å²) >= 11 is 6.10. The molecule has 2 aromatic carbocycles. The van der Waals surface area contributed by atoms with Crippen LogP contribution in [-0.2, 0) is 0 Å². The van der Waals surface area contributed by atoms with Crippen LogP contribution in [0.15, 0.2) is 52.4 Å². The number of hydrogen-bond donors (Lipinski definition) is 1. The van der Waals surface area contributed by atoms with Gasteiger partial charge >= 0.3 is 0 Å². The molecular weight excluding hydrogens is 282 g/mol. The molecule has 1 unspecified atom stereocenters. The summed E-state index contributed by atoms with van der Waals surface area (Å²) < 4.78 is 0. The van der Waals surface area contributed by atoms with Gasteiger partial charge in [-0.15, -0.1) is 0 Å². The lowest BCUT2D eigenvalue weighted by atomic mass is 9.92. The minimum atomic E-state index is -0.0797. The summed E-state index contributed by atoms with van der Waals surface area (Å²) in [6.45, 7) is 6.38. The van der Waals surface area contributed by atoms with Crippen LogP contribution in [0.4, 0.5) is 0 Å². The maximum absolute atomic E-state index is 6.10. The fourth-order valence-electron chi connectivity index (χ4n) is 2.32. The Balaban J connectivity index is 2.00. The minimum absolute atomic E-state index is 0.0296. The first-order valence-electron chi connectivity index (χ1n) is 7.01. The smallest absolute Gasteiger partial charge is 0.221 e. The monoisotopic (exact) mass is 299 g/mol. The molecule has 0 fully saturated rings. The van der Waals surface area contributed by atoms with Gasteiger partial charge < -0.3 is 5.32 Å². The normalized spacial score (nSPS) is 19.0. The van der Waals surface area contributed by atoms with Crippen molar-refractivity contribution < 1.29 is 0 Å². The van der Waals surface area contributed by atoms with Crippen LogP contribution in [0, 0.1) is 5.41 Å². The van der Waals surface area contributed by atoms with Crippen LogP contribution in [0.25, 0.3) is 10.8 Å². The third-order valence-electron chi connectivity index (χ3n) is 3.56. The molecule has 1 aliphatic heterocycles. The second-order valence-corrected chi connectivity index (χ2v) is 6.67. The molecule has 0 aliphatic carbocycles. The molecule has 0 saturated carbocycles. The van der Waals surface area contributed by atoms with Crippen molar-refractivity contribution in [1.29, 1.82) is 0 Å². The average Bonchev–Trinajstić information content (AvgIpc) is 2.45. The minimum Gasteiger partial charge on any atom is -0.347 e. The number of hydrogen-bond acceptors (Lipinski definition) is 3. The molecule has 1 aliphatic rings. The van der Waals surface area contributed by atoms with Gasteiger partial charge in [-0.1, -0.05) is 57.2 Å². The van der Waals surface area contributed by atoms with Gasteiger partial charge in [-0.05, 0) is 28.4 Å². The Morgan fingerprint density at radius 3 is 2.48 bits per heavy atom. The van der Waals surface area contributed by atoms with Gasteiger partial charge in [0.05, 0.1) is 0 Å². The molecule has 1 atom stereocenters. The molecule has 0 amide bonds. The first-order valence-corrected chi connectivity index (χ1v) is 7.39. The summed E-state index contributed by atoms with van der Waals surface area (Å²) in [5.74, 6) is 0.778.